The predicted molar refractivity (Wildman–Crippen MR) is 63.3 cm³/mol. The van der Waals surface area contributed by atoms with E-state index in [1.165, 1.54) is 24.8 Å². The van der Waals surface area contributed by atoms with Crippen LogP contribution in [0.15, 0.2) is 11.1 Å². The van der Waals surface area contributed by atoms with Gasteiger partial charge in [-0.25, -0.2) is 4.79 Å². The zero-order valence-corrected chi connectivity index (χ0v) is 10.5. The Morgan fingerprint density at radius 1 is 1.19 bits per heavy atom. The molecule has 1 amide bonds. The number of allylic oxidation sites excluding steroid dienone is 1. The molecular weight excluding hydrogens is 202 g/mol. The largest absolute Gasteiger partial charge is 0.444 e. The lowest BCUT2D eigenvalue weighted by atomic mass is 10.0. The maximum absolute atomic E-state index is 11.9. The van der Waals surface area contributed by atoms with Crippen molar-refractivity contribution in [3.8, 4) is 0 Å². The second-order valence-corrected chi connectivity index (χ2v) is 5.71. The molecule has 3 heteroatoms. The van der Waals surface area contributed by atoms with E-state index in [1.54, 1.807) is 5.57 Å². The van der Waals surface area contributed by atoms with Gasteiger partial charge in [-0.05, 0) is 46.5 Å². The van der Waals surface area contributed by atoms with Crippen LogP contribution in [0, 0.1) is 0 Å². The van der Waals surface area contributed by atoms with E-state index >= 15 is 0 Å². The third kappa shape index (κ3) is 3.00. The third-order valence-electron chi connectivity index (χ3n) is 2.94. The number of hydrogen-bond donors (Lipinski definition) is 0. The number of likely N-dealkylation sites (tertiary alicyclic amines) is 1. The Morgan fingerprint density at radius 3 is 2.44 bits per heavy atom. The summed E-state index contributed by atoms with van der Waals surface area (Å²) in [6.45, 7) is 7.37. The number of carbonyl (C=O) groups excluding carboxylic acids is 1. The van der Waals surface area contributed by atoms with Crippen molar-refractivity contribution in [2.45, 2.75) is 52.1 Å². The number of amides is 1. The highest BCUT2D eigenvalue weighted by molar-refractivity contribution is 5.68. The van der Waals surface area contributed by atoms with Gasteiger partial charge in [0.05, 0.1) is 0 Å². The van der Waals surface area contributed by atoms with Crippen molar-refractivity contribution in [1.29, 1.82) is 0 Å². The number of rotatable bonds is 0. The molecule has 2 aliphatic rings. The molecule has 0 aromatic rings. The molecule has 1 heterocycles. The van der Waals surface area contributed by atoms with Gasteiger partial charge in [0, 0.05) is 13.1 Å². The van der Waals surface area contributed by atoms with Gasteiger partial charge in [-0.2, -0.15) is 0 Å². The van der Waals surface area contributed by atoms with Crippen molar-refractivity contribution < 1.29 is 9.53 Å². The summed E-state index contributed by atoms with van der Waals surface area (Å²) in [6, 6.07) is 0. The van der Waals surface area contributed by atoms with Crippen LogP contribution in [0.4, 0.5) is 4.79 Å². The third-order valence-corrected chi connectivity index (χ3v) is 2.94. The highest BCUT2D eigenvalue weighted by atomic mass is 16.6. The Labute approximate surface area is 97.5 Å². The summed E-state index contributed by atoms with van der Waals surface area (Å²) in [5.74, 6) is 0. The topological polar surface area (TPSA) is 29.5 Å². The van der Waals surface area contributed by atoms with Gasteiger partial charge in [0.25, 0.3) is 0 Å². The van der Waals surface area contributed by atoms with E-state index in [2.05, 4.69) is 0 Å². The van der Waals surface area contributed by atoms with Crippen molar-refractivity contribution in [2.24, 2.45) is 0 Å². The van der Waals surface area contributed by atoms with E-state index in [4.69, 9.17) is 4.74 Å². The van der Waals surface area contributed by atoms with Crippen molar-refractivity contribution in [2.75, 3.05) is 13.1 Å². The molecule has 2 rings (SSSR count). The first kappa shape index (κ1) is 11.5. The van der Waals surface area contributed by atoms with Crippen molar-refractivity contribution in [3.05, 3.63) is 11.1 Å². The molecule has 1 saturated heterocycles. The maximum atomic E-state index is 11.9. The monoisotopic (exact) mass is 223 g/mol. The SMILES string of the molecule is CC(C)(C)OC(=O)N1CCCC(=C2CC2)C1. The average Bonchev–Trinajstić information content (AvgIpc) is 2.98. The lowest BCUT2D eigenvalue weighted by molar-refractivity contribution is 0.0246. The van der Waals surface area contributed by atoms with Gasteiger partial charge in [0.1, 0.15) is 5.60 Å². The molecule has 0 spiro atoms. The Morgan fingerprint density at radius 2 is 1.88 bits per heavy atom. The summed E-state index contributed by atoms with van der Waals surface area (Å²) in [4.78, 5) is 13.7. The maximum Gasteiger partial charge on any atom is 0.410 e. The van der Waals surface area contributed by atoms with Crippen LogP contribution in [0.2, 0.25) is 0 Å². The molecule has 1 saturated carbocycles. The Bertz CT molecular complexity index is 319. The fourth-order valence-corrected chi connectivity index (χ4v) is 2.06. The number of piperidine rings is 1. The molecule has 0 unspecified atom stereocenters. The minimum Gasteiger partial charge on any atom is -0.444 e. The zero-order valence-electron chi connectivity index (χ0n) is 10.5. The first-order valence-corrected chi connectivity index (χ1v) is 6.13. The fourth-order valence-electron chi connectivity index (χ4n) is 2.06. The van der Waals surface area contributed by atoms with Gasteiger partial charge >= 0.3 is 6.09 Å². The zero-order chi connectivity index (χ0) is 11.8. The summed E-state index contributed by atoms with van der Waals surface area (Å²) >= 11 is 0. The molecular formula is C13H21NO2. The van der Waals surface area contributed by atoms with Crippen LogP contribution in [0.25, 0.3) is 0 Å². The highest BCUT2D eigenvalue weighted by Crippen LogP contribution is 2.35. The van der Waals surface area contributed by atoms with Gasteiger partial charge in [-0.1, -0.05) is 11.1 Å². The lowest BCUT2D eigenvalue weighted by Gasteiger charge is -2.31. The van der Waals surface area contributed by atoms with Gasteiger partial charge in [0.15, 0.2) is 0 Å². The Hall–Kier alpha value is -0.990. The summed E-state index contributed by atoms with van der Waals surface area (Å²) in [6.07, 6.45) is 4.59. The molecule has 0 N–H and O–H groups in total. The van der Waals surface area contributed by atoms with E-state index in [0.29, 0.717) is 0 Å². The van der Waals surface area contributed by atoms with Crippen LogP contribution >= 0.6 is 0 Å². The van der Waals surface area contributed by atoms with Gasteiger partial charge in [-0.15, -0.1) is 0 Å². The average molecular weight is 223 g/mol. The van der Waals surface area contributed by atoms with E-state index in [1.807, 2.05) is 25.7 Å². The first-order chi connectivity index (χ1) is 7.46. The van der Waals surface area contributed by atoms with Gasteiger partial charge in [-0.3, -0.25) is 0 Å². The molecule has 90 valence electrons. The molecule has 0 aromatic heterocycles. The molecule has 16 heavy (non-hydrogen) atoms. The van der Waals surface area contributed by atoms with Gasteiger partial charge < -0.3 is 9.64 Å². The molecule has 1 aliphatic carbocycles. The van der Waals surface area contributed by atoms with Gasteiger partial charge in [0.2, 0.25) is 0 Å². The molecule has 1 aliphatic heterocycles. The van der Waals surface area contributed by atoms with Crippen molar-refractivity contribution in [1.82, 2.24) is 4.90 Å². The predicted octanol–water partition coefficient (Wildman–Crippen LogP) is 3.11. The number of carbonyl (C=O) groups is 1. The molecule has 2 fully saturated rings. The number of ether oxygens (including phenoxy) is 1. The van der Waals surface area contributed by atoms with Crippen LogP contribution in [0.3, 0.4) is 0 Å². The number of hydrogen-bond acceptors (Lipinski definition) is 2. The highest BCUT2D eigenvalue weighted by Gasteiger charge is 2.27. The minimum absolute atomic E-state index is 0.161. The van der Waals surface area contributed by atoms with Crippen LogP contribution in [0.1, 0.15) is 46.5 Å². The summed E-state index contributed by atoms with van der Waals surface area (Å²) in [5, 5.41) is 0. The minimum atomic E-state index is -0.387. The van der Waals surface area contributed by atoms with Crippen LogP contribution in [-0.4, -0.2) is 29.7 Å². The summed E-state index contributed by atoms with van der Waals surface area (Å²) in [7, 11) is 0. The number of nitrogens with zero attached hydrogens (tertiary/aromatic N) is 1. The molecule has 0 aromatic carbocycles. The Kier molecular flexibility index (Phi) is 2.96. The summed E-state index contributed by atoms with van der Waals surface area (Å²) in [5.41, 5.74) is 2.67. The molecule has 0 bridgehead atoms. The van der Waals surface area contributed by atoms with Crippen molar-refractivity contribution >= 4 is 6.09 Å². The van der Waals surface area contributed by atoms with E-state index in [9.17, 15) is 4.79 Å². The second kappa shape index (κ2) is 4.11. The normalized spacial score (nSPS) is 21.1. The standard InChI is InChI=1S/C13H21NO2/c1-13(2,3)16-12(15)14-8-4-5-11(9-14)10-6-7-10/h4-9H2,1-3H3. The Balaban J connectivity index is 1.94. The molecule has 0 atom stereocenters. The van der Waals surface area contributed by atoms with Crippen molar-refractivity contribution in [3.63, 3.8) is 0 Å². The molecule has 3 nitrogen and oxygen atoms in total. The quantitative estimate of drug-likeness (QED) is 0.590. The van der Waals surface area contributed by atoms with Crippen LogP contribution in [0.5, 0.6) is 0 Å². The molecule has 0 radical (unpaired) electrons. The van der Waals surface area contributed by atoms with E-state index in [0.717, 1.165) is 19.5 Å². The second-order valence-electron chi connectivity index (χ2n) is 5.71. The summed E-state index contributed by atoms with van der Waals surface area (Å²) < 4.78 is 5.39. The fraction of sp³-hybridized carbons (Fsp3) is 0.769. The smallest absolute Gasteiger partial charge is 0.410 e. The van der Waals surface area contributed by atoms with Crippen LogP contribution in [-0.2, 0) is 4.74 Å². The van der Waals surface area contributed by atoms with E-state index in [-0.39, 0.29) is 11.7 Å². The van der Waals surface area contributed by atoms with Crippen LogP contribution < -0.4 is 0 Å². The first-order valence-electron chi connectivity index (χ1n) is 6.13. The lowest BCUT2D eigenvalue weighted by Crippen LogP contribution is -2.40. The van der Waals surface area contributed by atoms with E-state index < -0.39 is 0 Å².